The molecule has 2 aliphatic rings. The van der Waals surface area contributed by atoms with Crippen molar-refractivity contribution >= 4 is 34.6 Å². The molecule has 1 amide bonds. The van der Waals surface area contributed by atoms with Crippen molar-refractivity contribution in [2.75, 3.05) is 31.6 Å². The van der Waals surface area contributed by atoms with Crippen molar-refractivity contribution in [1.29, 1.82) is 0 Å². The van der Waals surface area contributed by atoms with E-state index in [-0.39, 0.29) is 16.7 Å². The topological polar surface area (TPSA) is 99.6 Å². The molecule has 0 bridgehead atoms. The van der Waals surface area contributed by atoms with Crippen molar-refractivity contribution in [2.24, 2.45) is 0 Å². The predicted octanol–water partition coefficient (Wildman–Crippen LogP) is 2.51. The number of carbonyl (C=O) groups is 1. The van der Waals surface area contributed by atoms with Gasteiger partial charge in [-0.3, -0.25) is 19.1 Å². The van der Waals surface area contributed by atoms with Gasteiger partial charge < -0.3 is 20.1 Å². The minimum atomic E-state index is -0.180. The molecule has 1 fully saturated rings. The standard InChI is InChI=1S/C23H24N4O4S/c28-21-14-32-23(30)27(21)4-3-15-1-2-20-18(10-15)19(22(29)25-20)11-17-9-16(12-24-17)13-26-5-7-31-8-6-26/h1-2,9-12,14,24,28H,3-8,13H2,(H,25,29). The van der Waals surface area contributed by atoms with E-state index in [1.165, 1.54) is 15.5 Å². The number of aromatic amines is 1. The van der Waals surface area contributed by atoms with E-state index >= 15 is 0 Å². The smallest absolute Gasteiger partial charge is 0.309 e. The van der Waals surface area contributed by atoms with Crippen LogP contribution in [0.5, 0.6) is 5.88 Å². The first-order valence-corrected chi connectivity index (χ1v) is 11.5. The Kier molecular flexibility index (Phi) is 5.69. The van der Waals surface area contributed by atoms with Crippen LogP contribution in [-0.4, -0.2) is 51.8 Å². The van der Waals surface area contributed by atoms with Gasteiger partial charge in [0.1, 0.15) is 0 Å². The highest BCUT2D eigenvalue weighted by Gasteiger charge is 2.24. The third-order valence-corrected chi connectivity index (χ3v) is 6.58. The zero-order valence-electron chi connectivity index (χ0n) is 17.5. The van der Waals surface area contributed by atoms with Crippen molar-refractivity contribution in [3.63, 3.8) is 0 Å². The number of hydrogen-bond acceptors (Lipinski definition) is 6. The van der Waals surface area contributed by atoms with Gasteiger partial charge in [0, 0.05) is 49.3 Å². The summed E-state index contributed by atoms with van der Waals surface area (Å²) in [6.45, 7) is 4.62. The number of aromatic nitrogens is 2. The molecule has 166 valence electrons. The van der Waals surface area contributed by atoms with E-state index in [1.54, 1.807) is 0 Å². The van der Waals surface area contributed by atoms with E-state index < -0.39 is 0 Å². The third-order valence-electron chi connectivity index (χ3n) is 5.83. The van der Waals surface area contributed by atoms with Crippen molar-refractivity contribution in [2.45, 2.75) is 19.5 Å². The van der Waals surface area contributed by atoms with Gasteiger partial charge in [0.2, 0.25) is 5.88 Å². The maximum absolute atomic E-state index is 12.6. The lowest BCUT2D eigenvalue weighted by molar-refractivity contribution is -0.110. The molecule has 3 aromatic rings. The molecule has 8 nitrogen and oxygen atoms in total. The summed E-state index contributed by atoms with van der Waals surface area (Å²) in [5.41, 5.74) is 5.28. The van der Waals surface area contributed by atoms with E-state index in [0.29, 0.717) is 18.5 Å². The highest BCUT2D eigenvalue weighted by molar-refractivity contribution is 7.07. The predicted molar refractivity (Wildman–Crippen MR) is 124 cm³/mol. The highest BCUT2D eigenvalue weighted by Crippen LogP contribution is 2.34. The van der Waals surface area contributed by atoms with Gasteiger partial charge in [-0.15, -0.1) is 0 Å². The molecule has 0 spiro atoms. The Hall–Kier alpha value is -3.14. The second-order valence-electron chi connectivity index (χ2n) is 8.01. The van der Waals surface area contributed by atoms with Crippen LogP contribution in [0.25, 0.3) is 11.6 Å². The summed E-state index contributed by atoms with van der Waals surface area (Å²) in [6, 6.07) is 7.87. The number of H-pyrrole nitrogens is 1. The van der Waals surface area contributed by atoms with E-state index in [0.717, 1.165) is 66.7 Å². The van der Waals surface area contributed by atoms with Gasteiger partial charge in [-0.05, 0) is 41.8 Å². The lowest BCUT2D eigenvalue weighted by Crippen LogP contribution is -2.35. The number of nitrogens with one attached hydrogen (secondary N) is 2. The van der Waals surface area contributed by atoms with Gasteiger partial charge >= 0.3 is 4.87 Å². The summed E-state index contributed by atoms with van der Waals surface area (Å²) in [5, 5.41) is 14.2. The third kappa shape index (κ3) is 4.27. The van der Waals surface area contributed by atoms with Crippen LogP contribution in [0.15, 0.2) is 40.6 Å². The van der Waals surface area contributed by atoms with Crippen LogP contribution < -0.4 is 10.2 Å². The molecule has 2 aromatic heterocycles. The lowest BCUT2D eigenvalue weighted by atomic mass is 10.0. The number of hydrogen-bond donors (Lipinski definition) is 3. The van der Waals surface area contributed by atoms with Gasteiger partial charge in [0.15, 0.2) is 0 Å². The van der Waals surface area contributed by atoms with Crippen LogP contribution in [0.3, 0.4) is 0 Å². The average Bonchev–Trinajstić information content (AvgIpc) is 3.46. The number of carbonyl (C=O) groups excluding carboxylic acids is 1. The molecule has 9 heteroatoms. The van der Waals surface area contributed by atoms with Gasteiger partial charge in [0.25, 0.3) is 5.91 Å². The summed E-state index contributed by atoms with van der Waals surface area (Å²) in [7, 11) is 0. The number of amides is 1. The summed E-state index contributed by atoms with van der Waals surface area (Å²) >= 11 is 0.982. The number of rotatable bonds is 6. The number of aromatic hydroxyl groups is 1. The molecule has 0 aliphatic carbocycles. The van der Waals surface area contributed by atoms with Crippen molar-refractivity contribution in [3.8, 4) is 5.88 Å². The fraction of sp³-hybridized carbons (Fsp3) is 0.304. The first kappa shape index (κ1) is 20.7. The number of thiazole rings is 1. The number of ether oxygens (including phenoxy) is 1. The van der Waals surface area contributed by atoms with Gasteiger partial charge in [-0.25, -0.2) is 0 Å². The maximum atomic E-state index is 12.6. The first-order chi connectivity index (χ1) is 15.6. The number of morpholine rings is 1. The van der Waals surface area contributed by atoms with Crippen LogP contribution in [0, 0.1) is 0 Å². The lowest BCUT2D eigenvalue weighted by Gasteiger charge is -2.25. The van der Waals surface area contributed by atoms with Crippen LogP contribution in [0.1, 0.15) is 22.4 Å². The van der Waals surface area contributed by atoms with Crippen LogP contribution in [-0.2, 0) is 29.0 Å². The molecule has 1 saturated heterocycles. The molecule has 4 heterocycles. The average molecular weight is 453 g/mol. The Labute approximate surface area is 188 Å². The molecule has 0 radical (unpaired) electrons. The van der Waals surface area contributed by atoms with E-state index in [1.807, 2.05) is 30.5 Å². The number of fused-ring (bicyclic) bond motifs is 1. The molecule has 32 heavy (non-hydrogen) atoms. The number of nitrogens with zero attached hydrogens (tertiary/aromatic N) is 2. The summed E-state index contributed by atoms with van der Waals surface area (Å²) < 4.78 is 6.76. The Bertz CT molecular complexity index is 1230. The molecule has 5 rings (SSSR count). The Morgan fingerprint density at radius 1 is 1.16 bits per heavy atom. The zero-order valence-corrected chi connectivity index (χ0v) is 18.3. The van der Waals surface area contributed by atoms with Crippen molar-refractivity contribution < 1.29 is 14.6 Å². The maximum Gasteiger partial charge on any atom is 0.309 e. The van der Waals surface area contributed by atoms with Crippen LogP contribution in [0.2, 0.25) is 0 Å². The first-order valence-electron chi connectivity index (χ1n) is 10.6. The number of anilines is 1. The van der Waals surface area contributed by atoms with Crippen molar-refractivity contribution in [1.82, 2.24) is 14.5 Å². The van der Waals surface area contributed by atoms with Gasteiger partial charge in [-0.1, -0.05) is 17.4 Å². The normalized spacial score (nSPS) is 17.6. The fourth-order valence-corrected chi connectivity index (χ4v) is 4.76. The quantitative estimate of drug-likeness (QED) is 0.499. The van der Waals surface area contributed by atoms with E-state index in [4.69, 9.17) is 4.74 Å². The fourth-order valence-electron chi connectivity index (χ4n) is 4.11. The molecule has 0 atom stereocenters. The summed E-state index contributed by atoms with van der Waals surface area (Å²) in [5.74, 6) is -0.147. The van der Waals surface area contributed by atoms with Crippen LogP contribution in [0.4, 0.5) is 5.69 Å². The molecule has 3 N–H and O–H groups in total. The summed E-state index contributed by atoms with van der Waals surface area (Å²) in [6.07, 6.45) is 4.44. The Morgan fingerprint density at radius 2 is 2.00 bits per heavy atom. The Balaban J connectivity index is 1.34. The zero-order chi connectivity index (χ0) is 22.1. The van der Waals surface area contributed by atoms with E-state index in [2.05, 4.69) is 21.3 Å². The van der Waals surface area contributed by atoms with E-state index in [9.17, 15) is 14.7 Å². The monoisotopic (exact) mass is 452 g/mol. The largest absolute Gasteiger partial charge is 0.494 e. The van der Waals surface area contributed by atoms with Crippen LogP contribution >= 0.6 is 11.3 Å². The molecule has 2 aliphatic heterocycles. The molecular weight excluding hydrogens is 428 g/mol. The van der Waals surface area contributed by atoms with Crippen molar-refractivity contribution in [3.05, 3.63) is 67.9 Å². The SMILES string of the molecule is O=C1Nc2ccc(CCn3c(O)csc3=O)cc2C1=Cc1cc(CN2CCOCC2)c[nH]1. The van der Waals surface area contributed by atoms with Gasteiger partial charge in [0.05, 0.1) is 24.2 Å². The minimum Gasteiger partial charge on any atom is -0.494 e. The van der Waals surface area contributed by atoms with Gasteiger partial charge in [-0.2, -0.15) is 0 Å². The molecular formula is C23H24N4O4S. The molecule has 1 aromatic carbocycles. The number of aryl methyl sites for hydroxylation is 1. The second kappa shape index (κ2) is 8.78. The second-order valence-corrected chi connectivity index (χ2v) is 8.83. The highest BCUT2D eigenvalue weighted by atomic mass is 32.1. The minimum absolute atomic E-state index is 0.0155. The Morgan fingerprint density at radius 3 is 2.78 bits per heavy atom. The molecule has 0 unspecified atom stereocenters. The molecule has 0 saturated carbocycles. The number of benzene rings is 1. The summed E-state index contributed by atoms with van der Waals surface area (Å²) in [4.78, 5) is 29.9.